The molecule has 0 aliphatic carbocycles. The van der Waals surface area contributed by atoms with Crippen molar-refractivity contribution >= 4 is 15.9 Å². The van der Waals surface area contributed by atoms with E-state index in [4.69, 9.17) is 0 Å². The summed E-state index contributed by atoms with van der Waals surface area (Å²) in [6.45, 7) is 0. The van der Waals surface area contributed by atoms with Gasteiger partial charge >= 0.3 is 0 Å². The maximum Gasteiger partial charge on any atom is 0.213 e. The largest absolute Gasteiger partial charge is 0.220 e. The predicted molar refractivity (Wildman–Crippen MR) is 62.3 cm³/mol. The summed E-state index contributed by atoms with van der Waals surface area (Å²) in [7, 11) is 0. The number of aromatic nitrogens is 1. The molecule has 0 saturated carbocycles. The highest BCUT2D eigenvalue weighted by molar-refractivity contribution is 9.08. The predicted octanol–water partition coefficient (Wildman–Crippen LogP) is 3.78. The Bertz CT molecular complexity index is 453. The summed E-state index contributed by atoms with van der Waals surface area (Å²) >= 11 is 3.37. The molecule has 0 aliphatic rings. The Morgan fingerprint density at radius 2 is 1.80 bits per heavy atom. The van der Waals surface area contributed by atoms with Crippen molar-refractivity contribution in [2.24, 2.45) is 0 Å². The summed E-state index contributed by atoms with van der Waals surface area (Å²) in [5.74, 6) is -0.447. The topological polar surface area (TPSA) is 12.9 Å². The van der Waals surface area contributed by atoms with E-state index >= 15 is 0 Å². The zero-order valence-corrected chi connectivity index (χ0v) is 9.54. The minimum absolute atomic E-state index is 0.447. The molecule has 0 spiro atoms. The molecule has 0 saturated heterocycles. The fourth-order valence-electron chi connectivity index (χ4n) is 1.33. The molecule has 2 aromatic rings. The molecule has 3 heteroatoms. The van der Waals surface area contributed by atoms with E-state index in [1.54, 1.807) is 12.1 Å². The van der Waals surface area contributed by atoms with Gasteiger partial charge in [-0.1, -0.05) is 46.3 Å². The Kier molecular flexibility index (Phi) is 3.11. The fourth-order valence-corrected chi connectivity index (χ4v) is 1.71. The molecule has 1 aromatic heterocycles. The first-order valence-corrected chi connectivity index (χ1v) is 5.69. The molecule has 0 amide bonds. The van der Waals surface area contributed by atoms with E-state index in [-0.39, 0.29) is 0 Å². The van der Waals surface area contributed by atoms with Crippen molar-refractivity contribution in [1.29, 1.82) is 0 Å². The molecule has 76 valence electrons. The SMILES string of the molecule is Fc1cccc(-c2ccc(CBr)cc2)n1. The van der Waals surface area contributed by atoms with Gasteiger partial charge in [-0.25, -0.2) is 4.98 Å². The van der Waals surface area contributed by atoms with Gasteiger partial charge in [-0.15, -0.1) is 0 Å². The van der Waals surface area contributed by atoms with E-state index in [1.807, 2.05) is 24.3 Å². The van der Waals surface area contributed by atoms with Gasteiger partial charge in [0.05, 0.1) is 5.69 Å². The van der Waals surface area contributed by atoms with Crippen LogP contribution in [0, 0.1) is 5.95 Å². The Labute approximate surface area is 96.1 Å². The van der Waals surface area contributed by atoms with Gasteiger partial charge in [0.25, 0.3) is 0 Å². The van der Waals surface area contributed by atoms with Crippen molar-refractivity contribution < 1.29 is 4.39 Å². The number of rotatable bonds is 2. The standard InChI is InChI=1S/C12H9BrFN/c13-8-9-4-6-10(7-5-9)11-2-1-3-12(14)15-11/h1-7H,8H2. The molecule has 0 bridgehead atoms. The number of nitrogens with zero attached hydrogens (tertiary/aromatic N) is 1. The first-order valence-electron chi connectivity index (χ1n) is 4.57. The summed E-state index contributed by atoms with van der Waals surface area (Å²) in [4.78, 5) is 3.82. The lowest BCUT2D eigenvalue weighted by Crippen LogP contribution is -1.87. The summed E-state index contributed by atoms with van der Waals surface area (Å²) < 4.78 is 12.9. The summed E-state index contributed by atoms with van der Waals surface area (Å²) in [5.41, 5.74) is 2.78. The average molecular weight is 266 g/mol. The number of pyridine rings is 1. The van der Waals surface area contributed by atoms with Crippen LogP contribution in [-0.2, 0) is 5.33 Å². The van der Waals surface area contributed by atoms with E-state index in [9.17, 15) is 4.39 Å². The number of hydrogen-bond acceptors (Lipinski definition) is 1. The molecule has 1 aromatic carbocycles. The average Bonchev–Trinajstić information content (AvgIpc) is 2.29. The monoisotopic (exact) mass is 265 g/mol. The van der Waals surface area contributed by atoms with Crippen LogP contribution in [-0.4, -0.2) is 4.98 Å². The van der Waals surface area contributed by atoms with Crippen LogP contribution in [0.5, 0.6) is 0 Å². The highest BCUT2D eigenvalue weighted by Gasteiger charge is 2.00. The zero-order valence-electron chi connectivity index (χ0n) is 7.95. The van der Waals surface area contributed by atoms with Crippen LogP contribution in [0.4, 0.5) is 4.39 Å². The van der Waals surface area contributed by atoms with Crippen LogP contribution in [0.25, 0.3) is 11.3 Å². The molecule has 0 aliphatic heterocycles. The third kappa shape index (κ3) is 2.42. The molecule has 1 heterocycles. The van der Waals surface area contributed by atoms with Gasteiger partial charge in [-0.3, -0.25) is 0 Å². The van der Waals surface area contributed by atoms with Gasteiger partial charge in [0, 0.05) is 10.9 Å². The smallest absolute Gasteiger partial charge is 0.213 e. The second-order valence-corrected chi connectivity index (χ2v) is 3.74. The molecule has 0 radical (unpaired) electrons. The van der Waals surface area contributed by atoms with Crippen LogP contribution in [0.3, 0.4) is 0 Å². The van der Waals surface area contributed by atoms with Crippen molar-refractivity contribution in [3.8, 4) is 11.3 Å². The van der Waals surface area contributed by atoms with Crippen molar-refractivity contribution in [2.45, 2.75) is 5.33 Å². The highest BCUT2D eigenvalue weighted by atomic mass is 79.9. The molecule has 15 heavy (non-hydrogen) atoms. The maximum absolute atomic E-state index is 12.9. The third-order valence-corrected chi connectivity index (χ3v) is 2.77. The quantitative estimate of drug-likeness (QED) is 0.595. The minimum atomic E-state index is -0.447. The number of halogens is 2. The molecule has 1 nitrogen and oxygen atoms in total. The van der Waals surface area contributed by atoms with Crippen LogP contribution in [0.2, 0.25) is 0 Å². The van der Waals surface area contributed by atoms with Gasteiger partial charge in [-0.2, -0.15) is 4.39 Å². The van der Waals surface area contributed by atoms with Gasteiger partial charge in [0.1, 0.15) is 0 Å². The van der Waals surface area contributed by atoms with E-state index in [1.165, 1.54) is 11.6 Å². The lowest BCUT2D eigenvalue weighted by atomic mass is 10.1. The zero-order chi connectivity index (χ0) is 10.7. The Morgan fingerprint density at radius 3 is 2.40 bits per heavy atom. The molecular formula is C12H9BrFN. The van der Waals surface area contributed by atoms with Crippen LogP contribution < -0.4 is 0 Å². The lowest BCUT2D eigenvalue weighted by molar-refractivity contribution is 0.585. The van der Waals surface area contributed by atoms with Gasteiger partial charge < -0.3 is 0 Å². The first-order chi connectivity index (χ1) is 7.29. The normalized spacial score (nSPS) is 10.3. The number of benzene rings is 1. The molecular weight excluding hydrogens is 257 g/mol. The molecule has 0 fully saturated rings. The highest BCUT2D eigenvalue weighted by Crippen LogP contribution is 2.18. The molecule has 2 rings (SSSR count). The van der Waals surface area contributed by atoms with E-state index < -0.39 is 5.95 Å². The fraction of sp³-hybridized carbons (Fsp3) is 0.0833. The number of alkyl halides is 1. The van der Waals surface area contributed by atoms with Crippen molar-refractivity contribution in [2.75, 3.05) is 0 Å². The minimum Gasteiger partial charge on any atom is -0.220 e. The second-order valence-electron chi connectivity index (χ2n) is 3.18. The van der Waals surface area contributed by atoms with Crippen LogP contribution in [0.1, 0.15) is 5.56 Å². The van der Waals surface area contributed by atoms with Crippen LogP contribution in [0.15, 0.2) is 42.5 Å². The van der Waals surface area contributed by atoms with Gasteiger partial charge in [0.15, 0.2) is 0 Å². The summed E-state index contributed by atoms with van der Waals surface area (Å²) in [6, 6.07) is 12.7. The van der Waals surface area contributed by atoms with Crippen molar-refractivity contribution in [3.05, 3.63) is 54.0 Å². The maximum atomic E-state index is 12.9. The molecule has 0 atom stereocenters. The molecule has 0 unspecified atom stereocenters. The Hall–Kier alpha value is -1.22. The van der Waals surface area contributed by atoms with E-state index in [2.05, 4.69) is 20.9 Å². The third-order valence-electron chi connectivity index (χ3n) is 2.12. The van der Waals surface area contributed by atoms with Gasteiger partial charge in [-0.05, 0) is 17.7 Å². The first kappa shape index (κ1) is 10.3. The summed E-state index contributed by atoms with van der Waals surface area (Å²) in [5, 5.41) is 0.823. The lowest BCUT2D eigenvalue weighted by Gasteiger charge is -2.01. The summed E-state index contributed by atoms with van der Waals surface area (Å²) in [6.07, 6.45) is 0. The van der Waals surface area contributed by atoms with Crippen molar-refractivity contribution in [1.82, 2.24) is 4.98 Å². The number of hydrogen-bond donors (Lipinski definition) is 0. The van der Waals surface area contributed by atoms with Crippen LogP contribution >= 0.6 is 15.9 Å². The van der Waals surface area contributed by atoms with Crippen molar-refractivity contribution in [3.63, 3.8) is 0 Å². The second kappa shape index (κ2) is 4.53. The van der Waals surface area contributed by atoms with E-state index in [0.29, 0.717) is 5.69 Å². The Morgan fingerprint density at radius 1 is 1.07 bits per heavy atom. The van der Waals surface area contributed by atoms with E-state index in [0.717, 1.165) is 10.9 Å². The van der Waals surface area contributed by atoms with Gasteiger partial charge in [0.2, 0.25) is 5.95 Å². The Balaban J connectivity index is 2.37. The molecule has 0 N–H and O–H groups in total.